The number of piperazine rings is 1. The Morgan fingerprint density at radius 1 is 1.53 bits per heavy atom. The Morgan fingerprint density at radius 2 is 2.32 bits per heavy atom. The van der Waals surface area contributed by atoms with Gasteiger partial charge in [-0.1, -0.05) is 0 Å². The lowest BCUT2D eigenvalue weighted by Gasteiger charge is -2.37. The number of rotatable bonds is 4. The Kier molecular flexibility index (Phi) is 4.28. The highest BCUT2D eigenvalue weighted by Crippen LogP contribution is 2.15. The summed E-state index contributed by atoms with van der Waals surface area (Å²) >= 11 is 0. The Morgan fingerprint density at radius 3 is 3.05 bits per heavy atom. The molecule has 0 aliphatic carbocycles. The van der Waals surface area contributed by atoms with E-state index in [0.717, 1.165) is 26.2 Å². The highest BCUT2D eigenvalue weighted by Gasteiger charge is 2.21. The number of nitrogens with one attached hydrogen (secondary N) is 1. The molecule has 1 fully saturated rings. The molecule has 0 saturated carbocycles. The van der Waals surface area contributed by atoms with Crippen molar-refractivity contribution in [3.63, 3.8) is 0 Å². The standard InChI is InChI=1S/C12H19N5O2/c1-15-5-6-16(2)11(9-15)8-14-12-7-10(17(18)19)3-4-13-12/h3-4,7,11H,5-6,8-9H2,1-2H3,(H,13,14). The molecule has 1 aromatic rings. The summed E-state index contributed by atoms with van der Waals surface area (Å²) in [6.07, 6.45) is 1.46. The van der Waals surface area contributed by atoms with Gasteiger partial charge < -0.3 is 10.2 Å². The monoisotopic (exact) mass is 265 g/mol. The number of hydrogen-bond donors (Lipinski definition) is 1. The highest BCUT2D eigenvalue weighted by atomic mass is 16.6. The van der Waals surface area contributed by atoms with Crippen molar-refractivity contribution in [1.29, 1.82) is 0 Å². The number of nitro groups is 1. The average Bonchev–Trinajstić information content (AvgIpc) is 2.40. The van der Waals surface area contributed by atoms with Crippen molar-refractivity contribution in [3.05, 3.63) is 28.4 Å². The minimum Gasteiger partial charge on any atom is -0.368 e. The van der Waals surface area contributed by atoms with E-state index in [9.17, 15) is 10.1 Å². The fourth-order valence-corrected chi connectivity index (χ4v) is 2.17. The van der Waals surface area contributed by atoms with Crippen LogP contribution in [0.15, 0.2) is 18.3 Å². The molecular weight excluding hydrogens is 246 g/mol. The first-order valence-electron chi connectivity index (χ1n) is 6.29. The van der Waals surface area contributed by atoms with Crippen molar-refractivity contribution in [2.24, 2.45) is 0 Å². The minimum atomic E-state index is -0.409. The van der Waals surface area contributed by atoms with Crippen molar-refractivity contribution in [2.45, 2.75) is 6.04 Å². The van der Waals surface area contributed by atoms with E-state index in [-0.39, 0.29) is 5.69 Å². The molecule has 19 heavy (non-hydrogen) atoms. The first kappa shape index (κ1) is 13.7. The van der Waals surface area contributed by atoms with Crippen LogP contribution in [0.4, 0.5) is 11.5 Å². The van der Waals surface area contributed by atoms with Crippen LogP contribution in [0.1, 0.15) is 0 Å². The Labute approximate surface area is 112 Å². The molecule has 0 bridgehead atoms. The van der Waals surface area contributed by atoms with Crippen LogP contribution in [0.5, 0.6) is 0 Å². The average molecular weight is 265 g/mol. The van der Waals surface area contributed by atoms with Crippen molar-refractivity contribution in [3.8, 4) is 0 Å². The second kappa shape index (κ2) is 5.94. The molecule has 7 nitrogen and oxygen atoms in total. The van der Waals surface area contributed by atoms with E-state index in [4.69, 9.17) is 0 Å². The summed E-state index contributed by atoms with van der Waals surface area (Å²) in [5, 5.41) is 13.9. The summed E-state index contributed by atoms with van der Waals surface area (Å²) in [6, 6.07) is 3.25. The maximum atomic E-state index is 10.7. The van der Waals surface area contributed by atoms with Gasteiger partial charge in [-0.05, 0) is 14.1 Å². The molecule has 2 rings (SSSR count). The molecule has 1 aromatic heterocycles. The predicted molar refractivity (Wildman–Crippen MR) is 73.3 cm³/mol. The van der Waals surface area contributed by atoms with Gasteiger partial charge in [-0.3, -0.25) is 15.0 Å². The van der Waals surface area contributed by atoms with E-state index < -0.39 is 4.92 Å². The second-order valence-corrected chi connectivity index (χ2v) is 4.93. The van der Waals surface area contributed by atoms with Gasteiger partial charge in [-0.25, -0.2) is 4.98 Å². The zero-order valence-electron chi connectivity index (χ0n) is 11.2. The molecule has 7 heteroatoms. The van der Waals surface area contributed by atoms with Crippen LogP contribution in [0.3, 0.4) is 0 Å². The largest absolute Gasteiger partial charge is 0.368 e. The van der Waals surface area contributed by atoms with Gasteiger partial charge in [0.15, 0.2) is 0 Å². The van der Waals surface area contributed by atoms with Crippen LogP contribution in [0, 0.1) is 10.1 Å². The third-order valence-electron chi connectivity index (χ3n) is 3.45. The van der Waals surface area contributed by atoms with Crippen molar-refractivity contribution >= 4 is 11.5 Å². The quantitative estimate of drug-likeness (QED) is 0.636. The van der Waals surface area contributed by atoms with Gasteiger partial charge in [-0.2, -0.15) is 0 Å². The van der Waals surface area contributed by atoms with Crippen LogP contribution in [0.25, 0.3) is 0 Å². The number of likely N-dealkylation sites (N-methyl/N-ethyl adjacent to an activating group) is 2. The number of aromatic nitrogens is 1. The van der Waals surface area contributed by atoms with E-state index in [1.165, 1.54) is 18.3 Å². The van der Waals surface area contributed by atoms with Crippen LogP contribution in [-0.2, 0) is 0 Å². The molecule has 0 spiro atoms. The summed E-state index contributed by atoms with van der Waals surface area (Å²) < 4.78 is 0. The zero-order valence-corrected chi connectivity index (χ0v) is 11.2. The number of pyridine rings is 1. The lowest BCUT2D eigenvalue weighted by atomic mass is 10.2. The molecule has 0 amide bonds. The van der Waals surface area contributed by atoms with E-state index in [1.807, 2.05) is 0 Å². The van der Waals surface area contributed by atoms with Crippen molar-refractivity contribution < 1.29 is 4.92 Å². The van der Waals surface area contributed by atoms with Crippen LogP contribution < -0.4 is 5.32 Å². The normalized spacial score (nSPS) is 21.3. The fraction of sp³-hybridized carbons (Fsp3) is 0.583. The van der Waals surface area contributed by atoms with E-state index in [2.05, 4.69) is 34.2 Å². The molecule has 1 aliphatic heterocycles. The number of hydrogen-bond acceptors (Lipinski definition) is 6. The smallest absolute Gasteiger partial charge is 0.274 e. The Bertz CT molecular complexity index is 454. The molecule has 1 N–H and O–H groups in total. The maximum absolute atomic E-state index is 10.7. The molecule has 0 radical (unpaired) electrons. The minimum absolute atomic E-state index is 0.0617. The SMILES string of the molecule is CN1CCN(C)C(CNc2cc([N+](=O)[O-])ccn2)C1. The Hall–Kier alpha value is -1.73. The third kappa shape index (κ3) is 3.62. The van der Waals surface area contributed by atoms with Gasteiger partial charge in [0.1, 0.15) is 5.82 Å². The third-order valence-corrected chi connectivity index (χ3v) is 3.45. The topological polar surface area (TPSA) is 74.5 Å². The summed E-state index contributed by atoms with van der Waals surface area (Å²) in [7, 11) is 4.20. The molecular formula is C12H19N5O2. The molecule has 1 aliphatic rings. The van der Waals surface area contributed by atoms with Gasteiger partial charge in [0.2, 0.25) is 0 Å². The molecule has 1 atom stereocenters. The first-order valence-corrected chi connectivity index (χ1v) is 6.29. The van der Waals surface area contributed by atoms with Crippen LogP contribution in [0.2, 0.25) is 0 Å². The molecule has 1 unspecified atom stereocenters. The van der Waals surface area contributed by atoms with E-state index >= 15 is 0 Å². The van der Waals surface area contributed by atoms with Gasteiger partial charge in [0, 0.05) is 44.5 Å². The van der Waals surface area contributed by atoms with Crippen molar-refractivity contribution in [2.75, 3.05) is 45.6 Å². The van der Waals surface area contributed by atoms with Gasteiger partial charge in [0.25, 0.3) is 5.69 Å². The lowest BCUT2D eigenvalue weighted by molar-refractivity contribution is -0.384. The summed E-state index contributed by atoms with van der Waals surface area (Å²) in [6.45, 7) is 3.82. The molecule has 1 saturated heterocycles. The maximum Gasteiger partial charge on any atom is 0.274 e. The van der Waals surface area contributed by atoms with Crippen LogP contribution in [-0.4, -0.2) is 66.0 Å². The number of nitrogens with zero attached hydrogens (tertiary/aromatic N) is 4. The second-order valence-electron chi connectivity index (χ2n) is 4.93. The Balaban J connectivity index is 1.94. The molecule has 2 heterocycles. The molecule has 0 aromatic carbocycles. The lowest BCUT2D eigenvalue weighted by Crippen LogP contribution is -2.52. The summed E-state index contributed by atoms with van der Waals surface area (Å²) in [5.41, 5.74) is 0.0617. The summed E-state index contributed by atoms with van der Waals surface area (Å²) in [4.78, 5) is 19.0. The van der Waals surface area contributed by atoms with E-state index in [0.29, 0.717) is 11.9 Å². The van der Waals surface area contributed by atoms with Gasteiger partial charge in [-0.15, -0.1) is 0 Å². The van der Waals surface area contributed by atoms with Crippen molar-refractivity contribution in [1.82, 2.24) is 14.8 Å². The van der Waals surface area contributed by atoms with E-state index in [1.54, 1.807) is 0 Å². The van der Waals surface area contributed by atoms with Crippen LogP contribution >= 0.6 is 0 Å². The van der Waals surface area contributed by atoms with Gasteiger partial charge in [0.05, 0.1) is 11.0 Å². The first-order chi connectivity index (χ1) is 9.06. The van der Waals surface area contributed by atoms with Gasteiger partial charge >= 0.3 is 0 Å². The predicted octanol–water partition coefficient (Wildman–Crippen LogP) is 0.647. The zero-order chi connectivity index (χ0) is 13.8. The summed E-state index contributed by atoms with van der Waals surface area (Å²) in [5.74, 6) is 0.552. The fourth-order valence-electron chi connectivity index (χ4n) is 2.17. The highest BCUT2D eigenvalue weighted by molar-refractivity contribution is 5.44. The number of anilines is 1. The molecule has 104 valence electrons.